The lowest BCUT2D eigenvalue weighted by Crippen LogP contribution is -2.29. The van der Waals surface area contributed by atoms with Crippen LogP contribution in [-0.2, 0) is 23.1 Å². The number of methoxy groups -OCH3 is 1. The molecule has 12 nitrogen and oxygen atoms in total. The van der Waals surface area contributed by atoms with Gasteiger partial charge in [0.15, 0.2) is 0 Å². The van der Waals surface area contributed by atoms with Gasteiger partial charge >= 0.3 is 6.03 Å². The number of carbonyl (C=O) groups excluding carboxylic acids is 2. The van der Waals surface area contributed by atoms with Crippen molar-refractivity contribution in [2.24, 2.45) is 0 Å². The van der Waals surface area contributed by atoms with Crippen LogP contribution in [0.2, 0.25) is 0 Å². The van der Waals surface area contributed by atoms with Crippen molar-refractivity contribution in [1.82, 2.24) is 10.6 Å². The molecule has 3 aromatic carbocycles. The molecule has 0 aliphatic rings. The molecule has 0 aliphatic heterocycles. The summed E-state index contributed by atoms with van der Waals surface area (Å²) in [7, 11) is -1.98. The number of hydrogen-bond acceptors (Lipinski definition) is 8. The van der Waals surface area contributed by atoms with Gasteiger partial charge in [0.05, 0.1) is 44.4 Å². The fourth-order valence-corrected chi connectivity index (χ4v) is 4.58. The summed E-state index contributed by atoms with van der Waals surface area (Å²) in [5.74, 6) is 1.42. The lowest BCUT2D eigenvalue weighted by atomic mass is 10.1. The molecule has 0 fully saturated rings. The lowest BCUT2D eigenvalue weighted by molar-refractivity contribution is 0.0947. The Bertz CT molecular complexity index is 1510. The van der Waals surface area contributed by atoms with Crippen LogP contribution in [0.5, 0.6) is 23.0 Å². The van der Waals surface area contributed by atoms with Gasteiger partial charge in [-0.2, -0.15) is 0 Å². The Morgan fingerprint density at radius 1 is 0.767 bits per heavy atom. The Kier molecular flexibility index (Phi) is 11.9. The minimum atomic E-state index is -3.57. The van der Waals surface area contributed by atoms with E-state index in [4.69, 9.17) is 18.9 Å². The smallest absolute Gasteiger partial charge is 0.319 e. The van der Waals surface area contributed by atoms with Crippen molar-refractivity contribution in [2.75, 3.05) is 43.2 Å². The fourth-order valence-electron chi connectivity index (χ4n) is 4.02. The third-order valence-electron chi connectivity index (χ3n) is 5.89. The Morgan fingerprint density at radius 2 is 1.42 bits per heavy atom. The van der Waals surface area contributed by atoms with Gasteiger partial charge in [-0.05, 0) is 62.7 Å². The van der Waals surface area contributed by atoms with Gasteiger partial charge in [0.1, 0.15) is 23.0 Å². The normalized spacial score (nSPS) is 10.8. The predicted octanol–water partition coefficient (Wildman–Crippen LogP) is 4.51. The number of rotatable bonds is 15. The molecule has 4 N–H and O–H groups in total. The first-order chi connectivity index (χ1) is 20.6. The summed E-state index contributed by atoms with van der Waals surface area (Å²) in [5.41, 5.74) is 2.34. The summed E-state index contributed by atoms with van der Waals surface area (Å²) in [5, 5.41) is 8.37. The quantitative estimate of drug-likeness (QED) is 0.195. The minimum absolute atomic E-state index is 0.0482. The second kappa shape index (κ2) is 15.5. The maximum absolute atomic E-state index is 13.1. The second-order valence-electron chi connectivity index (χ2n) is 9.18. The number of carbonyl (C=O) groups is 2. The number of amides is 3. The van der Waals surface area contributed by atoms with Crippen LogP contribution in [0, 0.1) is 0 Å². The molecule has 3 amide bonds. The van der Waals surface area contributed by atoms with E-state index in [-0.39, 0.29) is 30.2 Å². The first-order valence-corrected chi connectivity index (χ1v) is 15.6. The minimum Gasteiger partial charge on any atom is -0.497 e. The number of benzene rings is 3. The van der Waals surface area contributed by atoms with E-state index in [1.807, 2.05) is 31.2 Å². The highest BCUT2D eigenvalue weighted by atomic mass is 32.2. The van der Waals surface area contributed by atoms with Crippen LogP contribution in [-0.4, -0.2) is 53.5 Å². The Morgan fingerprint density at radius 3 is 2.05 bits per heavy atom. The average molecular weight is 615 g/mol. The van der Waals surface area contributed by atoms with Crippen molar-refractivity contribution in [3.63, 3.8) is 0 Å². The van der Waals surface area contributed by atoms with Crippen molar-refractivity contribution in [3.05, 3.63) is 71.3 Å². The molecule has 43 heavy (non-hydrogen) atoms. The summed E-state index contributed by atoms with van der Waals surface area (Å²) in [4.78, 5) is 25.9. The van der Waals surface area contributed by atoms with E-state index < -0.39 is 16.1 Å². The molecule has 0 bridgehead atoms. The number of urea groups is 1. The topological polar surface area (TPSA) is 153 Å². The fraction of sp³-hybridized carbons (Fsp3) is 0.333. The van der Waals surface area contributed by atoms with Gasteiger partial charge in [0.2, 0.25) is 10.0 Å². The molecular formula is C30H38N4O8S. The van der Waals surface area contributed by atoms with Crippen molar-refractivity contribution >= 4 is 33.3 Å². The molecule has 232 valence electrons. The van der Waals surface area contributed by atoms with Crippen LogP contribution in [0.4, 0.5) is 16.2 Å². The molecule has 3 rings (SSSR count). The van der Waals surface area contributed by atoms with E-state index in [0.717, 1.165) is 17.6 Å². The number of ether oxygens (including phenoxy) is 4. The monoisotopic (exact) mass is 614 g/mol. The second-order valence-corrected chi connectivity index (χ2v) is 10.9. The zero-order chi connectivity index (χ0) is 31.4. The zero-order valence-electron chi connectivity index (χ0n) is 24.9. The Labute approximate surface area is 252 Å². The number of hydrogen-bond donors (Lipinski definition) is 4. The van der Waals surface area contributed by atoms with E-state index in [0.29, 0.717) is 48.3 Å². The zero-order valence-corrected chi connectivity index (χ0v) is 25.7. The molecule has 0 saturated carbocycles. The average Bonchev–Trinajstić information content (AvgIpc) is 2.97. The molecular weight excluding hydrogens is 576 g/mol. The maximum Gasteiger partial charge on any atom is 0.319 e. The van der Waals surface area contributed by atoms with Gasteiger partial charge in [-0.25, -0.2) is 13.2 Å². The number of sulfonamides is 1. The molecule has 0 unspecified atom stereocenters. The van der Waals surface area contributed by atoms with Crippen LogP contribution < -0.4 is 39.6 Å². The number of anilines is 2. The molecule has 0 atom stereocenters. The predicted molar refractivity (Wildman–Crippen MR) is 165 cm³/mol. The molecule has 3 aromatic rings. The van der Waals surface area contributed by atoms with Crippen molar-refractivity contribution in [2.45, 2.75) is 33.9 Å². The summed E-state index contributed by atoms with van der Waals surface area (Å²) in [6.07, 6.45) is 1.04. The van der Waals surface area contributed by atoms with Gasteiger partial charge < -0.3 is 34.9 Å². The SMILES string of the molecule is CCOc1cc(NS(C)(=O)=O)c(OCC)cc1CNC(=O)Nc1ccc(OCC)c(C(=O)NCc2ccc(OC)cc2)c1. The van der Waals surface area contributed by atoms with Crippen LogP contribution in [0.1, 0.15) is 42.3 Å². The van der Waals surface area contributed by atoms with Gasteiger partial charge in [-0.1, -0.05) is 12.1 Å². The summed E-state index contributed by atoms with van der Waals surface area (Å²) in [6, 6.07) is 14.7. The molecule has 0 saturated heterocycles. The van der Waals surface area contributed by atoms with E-state index >= 15 is 0 Å². The summed E-state index contributed by atoms with van der Waals surface area (Å²) in [6.45, 7) is 6.70. The molecule has 0 radical (unpaired) electrons. The first kappa shape index (κ1) is 32.9. The van der Waals surface area contributed by atoms with Crippen LogP contribution >= 0.6 is 0 Å². The molecule has 0 aromatic heterocycles. The summed E-state index contributed by atoms with van der Waals surface area (Å²) < 4.78 is 48.2. The van der Waals surface area contributed by atoms with Gasteiger partial charge in [-0.3, -0.25) is 9.52 Å². The van der Waals surface area contributed by atoms with Gasteiger partial charge in [0.25, 0.3) is 5.91 Å². The highest BCUT2D eigenvalue weighted by Crippen LogP contribution is 2.34. The van der Waals surface area contributed by atoms with E-state index in [9.17, 15) is 18.0 Å². The van der Waals surface area contributed by atoms with Crippen LogP contribution in [0.15, 0.2) is 54.6 Å². The third-order valence-corrected chi connectivity index (χ3v) is 6.48. The lowest BCUT2D eigenvalue weighted by Gasteiger charge is -2.18. The van der Waals surface area contributed by atoms with Crippen molar-refractivity contribution in [3.8, 4) is 23.0 Å². The first-order valence-electron chi connectivity index (χ1n) is 13.7. The third kappa shape index (κ3) is 9.99. The van der Waals surface area contributed by atoms with Crippen LogP contribution in [0.3, 0.4) is 0 Å². The molecule has 0 aliphatic carbocycles. The van der Waals surface area contributed by atoms with Gasteiger partial charge in [-0.15, -0.1) is 0 Å². The van der Waals surface area contributed by atoms with Crippen LogP contribution in [0.25, 0.3) is 0 Å². The standard InChI is InChI=1S/C30H38N4O8S/c1-6-40-26-14-11-22(16-24(26)29(35)31-18-20-9-12-23(39-4)13-10-20)33-30(36)32-19-21-15-28(42-8-3)25(34-43(5,37)38)17-27(21)41-7-2/h9-17,34H,6-8,18-19H2,1-5H3,(H,31,35)(H2,32,33,36). The number of nitrogens with one attached hydrogen (secondary N) is 4. The highest BCUT2D eigenvalue weighted by Gasteiger charge is 2.17. The Balaban J connectivity index is 1.73. The van der Waals surface area contributed by atoms with E-state index in [1.165, 1.54) is 6.07 Å². The molecule has 13 heteroatoms. The van der Waals surface area contributed by atoms with Gasteiger partial charge in [0, 0.05) is 30.4 Å². The maximum atomic E-state index is 13.1. The molecule has 0 spiro atoms. The summed E-state index contributed by atoms with van der Waals surface area (Å²) >= 11 is 0. The molecule has 0 heterocycles. The highest BCUT2D eigenvalue weighted by molar-refractivity contribution is 7.92. The largest absolute Gasteiger partial charge is 0.497 e. The van der Waals surface area contributed by atoms with Crippen molar-refractivity contribution in [1.29, 1.82) is 0 Å². The van der Waals surface area contributed by atoms with Crippen molar-refractivity contribution < 1.29 is 37.0 Å². The Hall–Kier alpha value is -4.65. The van der Waals surface area contributed by atoms with E-state index in [1.54, 1.807) is 45.2 Å². The van der Waals surface area contributed by atoms with E-state index in [2.05, 4.69) is 20.7 Å².